The van der Waals surface area contributed by atoms with Crippen LogP contribution in [0.1, 0.15) is 25.3 Å². The Hall–Kier alpha value is -3.47. The number of piperidine rings is 1. The number of aromatic hydroxyl groups is 1. The number of phenolic OH excluding ortho intramolecular Hbond substituents is 1. The Morgan fingerprint density at radius 2 is 2.06 bits per heavy atom. The van der Waals surface area contributed by atoms with E-state index in [1.807, 2.05) is 0 Å². The molecule has 0 spiro atoms. The van der Waals surface area contributed by atoms with Crippen LogP contribution < -0.4 is 10.6 Å². The summed E-state index contributed by atoms with van der Waals surface area (Å²) in [6.45, 7) is 2.60. The molecule has 3 heterocycles. The van der Waals surface area contributed by atoms with Crippen molar-refractivity contribution in [2.24, 2.45) is 0 Å². The second-order valence-corrected chi connectivity index (χ2v) is 7.68. The van der Waals surface area contributed by atoms with Crippen LogP contribution in [0.25, 0.3) is 22.0 Å². The number of pyridine rings is 1. The molecule has 1 aliphatic rings. The number of esters is 1. The van der Waals surface area contributed by atoms with Crippen LogP contribution in [-0.2, 0) is 15.7 Å². The molecule has 2 atom stereocenters. The molecule has 0 saturated carbocycles. The minimum atomic E-state index is -4.57. The highest BCUT2D eigenvalue weighted by atomic mass is 19.4. The van der Waals surface area contributed by atoms with E-state index in [1.54, 1.807) is 19.2 Å². The molecule has 3 N–H and O–H groups in total. The van der Waals surface area contributed by atoms with Gasteiger partial charge in [0.1, 0.15) is 17.5 Å². The predicted molar refractivity (Wildman–Crippen MR) is 115 cm³/mol. The number of carbonyl (C=O) groups excluding carboxylic acids is 1. The van der Waals surface area contributed by atoms with Gasteiger partial charge in [0.05, 0.1) is 12.2 Å². The molecule has 0 aliphatic carbocycles. The lowest BCUT2D eigenvalue weighted by atomic mass is 10.00. The van der Waals surface area contributed by atoms with E-state index in [9.17, 15) is 23.1 Å². The van der Waals surface area contributed by atoms with Crippen molar-refractivity contribution in [1.82, 2.24) is 20.5 Å². The number of fused-ring (bicyclic) bond motifs is 1. The van der Waals surface area contributed by atoms with E-state index >= 15 is 0 Å². The fourth-order valence-corrected chi connectivity index (χ4v) is 3.83. The molecule has 0 bridgehead atoms. The van der Waals surface area contributed by atoms with E-state index in [4.69, 9.17) is 4.74 Å². The Morgan fingerprint density at radius 3 is 2.73 bits per heavy atom. The number of nitrogens with zero attached hydrogens (tertiary/aromatic N) is 3. The molecule has 1 fully saturated rings. The first-order valence-electron chi connectivity index (χ1n) is 10.5. The minimum Gasteiger partial charge on any atom is -0.507 e. The Morgan fingerprint density at radius 1 is 1.24 bits per heavy atom. The summed E-state index contributed by atoms with van der Waals surface area (Å²) in [5.74, 6) is -0.361. The van der Waals surface area contributed by atoms with E-state index in [0.717, 1.165) is 6.07 Å². The topological polar surface area (TPSA) is 109 Å². The van der Waals surface area contributed by atoms with Gasteiger partial charge < -0.3 is 20.5 Å². The number of aromatic nitrogens is 3. The molecule has 33 heavy (non-hydrogen) atoms. The summed E-state index contributed by atoms with van der Waals surface area (Å²) >= 11 is 0. The van der Waals surface area contributed by atoms with Crippen LogP contribution in [-0.4, -0.2) is 51.5 Å². The van der Waals surface area contributed by atoms with E-state index in [1.165, 1.54) is 12.3 Å². The van der Waals surface area contributed by atoms with Crippen molar-refractivity contribution in [3.8, 4) is 17.0 Å². The second kappa shape index (κ2) is 9.18. The zero-order chi connectivity index (χ0) is 23.6. The third-order valence-electron chi connectivity index (χ3n) is 5.49. The van der Waals surface area contributed by atoms with Crippen molar-refractivity contribution in [2.75, 3.05) is 18.5 Å². The molecule has 0 radical (unpaired) electrons. The van der Waals surface area contributed by atoms with Crippen LogP contribution in [0.5, 0.6) is 5.75 Å². The molecule has 174 valence electrons. The Balaban J connectivity index is 1.59. The standard InChI is InChI=1S/C22H22F3N5O3/c1-2-33-21(32)17-6-4-13(10-27-17)28-20-16-11-26-8-7-14(16)19(29-30-20)15-5-3-12(9-18(15)31)22(23,24)25/h3,5,7-9,11,13,17,27,31H,2,4,6,10H2,1H3,(H,28,30)/t13-,17-/m0/s1. The van der Waals surface area contributed by atoms with E-state index in [2.05, 4.69) is 25.8 Å². The number of ether oxygens (including phenoxy) is 1. The normalized spacial score (nSPS) is 18.8. The molecule has 2 aromatic heterocycles. The first kappa shape index (κ1) is 22.7. The highest BCUT2D eigenvalue weighted by Gasteiger charge is 2.32. The molecule has 0 unspecified atom stereocenters. The summed E-state index contributed by atoms with van der Waals surface area (Å²) < 4.78 is 43.9. The molecular weight excluding hydrogens is 439 g/mol. The lowest BCUT2D eigenvalue weighted by molar-refractivity contribution is -0.146. The van der Waals surface area contributed by atoms with Gasteiger partial charge in [-0.05, 0) is 44.0 Å². The maximum atomic E-state index is 13.0. The summed E-state index contributed by atoms with van der Waals surface area (Å²) in [5, 5.41) is 26.3. The van der Waals surface area contributed by atoms with E-state index < -0.39 is 17.5 Å². The summed E-state index contributed by atoms with van der Waals surface area (Å²) in [5.41, 5.74) is -0.574. The number of hydrogen-bond donors (Lipinski definition) is 3. The summed E-state index contributed by atoms with van der Waals surface area (Å²) in [6, 6.07) is 4.02. The minimum absolute atomic E-state index is 0.0290. The van der Waals surface area contributed by atoms with Crippen molar-refractivity contribution >= 4 is 22.6 Å². The van der Waals surface area contributed by atoms with Gasteiger partial charge >= 0.3 is 12.1 Å². The Bertz CT molecular complexity index is 1160. The molecule has 8 nitrogen and oxygen atoms in total. The zero-order valence-electron chi connectivity index (χ0n) is 17.7. The number of halogens is 3. The van der Waals surface area contributed by atoms with Crippen LogP contribution >= 0.6 is 0 Å². The highest BCUT2D eigenvalue weighted by Crippen LogP contribution is 2.38. The van der Waals surface area contributed by atoms with Crippen LogP contribution in [0.4, 0.5) is 19.0 Å². The van der Waals surface area contributed by atoms with Gasteiger partial charge in [0, 0.05) is 41.3 Å². The second-order valence-electron chi connectivity index (χ2n) is 7.68. The lowest BCUT2D eigenvalue weighted by Gasteiger charge is -2.29. The SMILES string of the molecule is CCOC(=O)[C@@H]1CC[C@H](Nc2nnc(-c3ccc(C(F)(F)F)cc3O)c3ccncc23)CN1. The molecule has 1 aromatic carbocycles. The summed E-state index contributed by atoms with van der Waals surface area (Å²) in [6.07, 6.45) is -0.167. The number of benzene rings is 1. The molecule has 1 saturated heterocycles. The molecule has 1 aliphatic heterocycles. The first-order valence-corrected chi connectivity index (χ1v) is 10.5. The number of rotatable bonds is 5. The first-order chi connectivity index (χ1) is 15.8. The molecule has 3 aromatic rings. The quantitative estimate of drug-likeness (QED) is 0.496. The lowest BCUT2D eigenvalue weighted by Crippen LogP contribution is -2.49. The number of nitrogens with one attached hydrogen (secondary N) is 2. The zero-order valence-corrected chi connectivity index (χ0v) is 17.7. The fraction of sp³-hybridized carbons (Fsp3) is 0.364. The van der Waals surface area contributed by atoms with Crippen LogP contribution in [0.15, 0.2) is 36.7 Å². The van der Waals surface area contributed by atoms with Crippen molar-refractivity contribution < 1.29 is 27.8 Å². The molecule has 4 rings (SSSR count). The number of alkyl halides is 3. The van der Waals surface area contributed by atoms with Gasteiger partial charge in [-0.3, -0.25) is 9.78 Å². The highest BCUT2D eigenvalue weighted by molar-refractivity contribution is 6.00. The monoisotopic (exact) mass is 461 g/mol. The summed E-state index contributed by atoms with van der Waals surface area (Å²) in [4.78, 5) is 16.0. The maximum absolute atomic E-state index is 13.0. The number of anilines is 1. The predicted octanol–water partition coefficient (Wildman–Crippen LogP) is 3.51. The third kappa shape index (κ3) is 4.82. The third-order valence-corrected chi connectivity index (χ3v) is 5.49. The Labute approximate surface area is 187 Å². The summed E-state index contributed by atoms with van der Waals surface area (Å²) in [7, 11) is 0. The number of phenols is 1. The van der Waals surface area contributed by atoms with Gasteiger partial charge in [0.2, 0.25) is 0 Å². The average Bonchev–Trinajstić information content (AvgIpc) is 2.79. The van der Waals surface area contributed by atoms with Gasteiger partial charge in [0.15, 0.2) is 5.82 Å². The van der Waals surface area contributed by atoms with Gasteiger partial charge in [-0.25, -0.2) is 0 Å². The number of hydrogen-bond acceptors (Lipinski definition) is 8. The van der Waals surface area contributed by atoms with Gasteiger partial charge in [-0.15, -0.1) is 10.2 Å². The van der Waals surface area contributed by atoms with Crippen LogP contribution in [0.3, 0.4) is 0 Å². The van der Waals surface area contributed by atoms with Gasteiger partial charge in [-0.1, -0.05) is 0 Å². The van der Waals surface area contributed by atoms with E-state index in [-0.39, 0.29) is 29.3 Å². The Kier molecular flexibility index (Phi) is 6.32. The fourth-order valence-electron chi connectivity index (χ4n) is 3.83. The van der Waals surface area contributed by atoms with Crippen molar-refractivity contribution in [2.45, 2.75) is 38.0 Å². The van der Waals surface area contributed by atoms with Crippen LogP contribution in [0, 0.1) is 0 Å². The average molecular weight is 461 g/mol. The van der Waals surface area contributed by atoms with Crippen molar-refractivity contribution in [3.63, 3.8) is 0 Å². The van der Waals surface area contributed by atoms with Gasteiger partial charge in [-0.2, -0.15) is 13.2 Å². The smallest absolute Gasteiger partial charge is 0.416 e. The molecular formula is C22H22F3N5O3. The maximum Gasteiger partial charge on any atom is 0.416 e. The van der Waals surface area contributed by atoms with Crippen molar-refractivity contribution in [1.29, 1.82) is 0 Å². The van der Waals surface area contributed by atoms with Gasteiger partial charge in [0.25, 0.3) is 0 Å². The molecule has 11 heteroatoms. The largest absolute Gasteiger partial charge is 0.507 e. The number of carbonyl (C=O) groups is 1. The van der Waals surface area contributed by atoms with E-state index in [0.29, 0.717) is 48.6 Å². The van der Waals surface area contributed by atoms with Crippen molar-refractivity contribution in [3.05, 3.63) is 42.2 Å². The molecule has 0 amide bonds. The van der Waals surface area contributed by atoms with Crippen LogP contribution in [0.2, 0.25) is 0 Å².